The van der Waals surface area contributed by atoms with Crippen LogP contribution >= 0.6 is 0 Å². The van der Waals surface area contributed by atoms with Gasteiger partial charge in [-0.1, -0.05) is 42.5 Å². The average molecular weight is 416 g/mol. The molecular formula is C24H21FN4O2. The van der Waals surface area contributed by atoms with E-state index in [1.807, 2.05) is 37.3 Å². The molecule has 156 valence electrons. The van der Waals surface area contributed by atoms with E-state index in [0.717, 1.165) is 22.0 Å². The standard InChI is InChI=1S/C24H21FN4O2/c1-15(17-5-4-6-18(13-17)23(26)30)27-24(31)22-20-7-2-3-8-21(20)29(28-22)14-16-9-11-19(25)12-10-16/h2-13,15H,14H2,1H3,(H2,26,30)(H,27,31). The number of carbonyl (C=O) groups excluding carboxylic acids is 2. The Labute approximate surface area is 178 Å². The molecule has 0 spiro atoms. The summed E-state index contributed by atoms with van der Waals surface area (Å²) in [6.07, 6.45) is 0. The Morgan fingerprint density at radius 1 is 1.06 bits per heavy atom. The number of hydrogen-bond donors (Lipinski definition) is 2. The summed E-state index contributed by atoms with van der Waals surface area (Å²) in [5, 5.41) is 8.20. The van der Waals surface area contributed by atoms with Gasteiger partial charge in [0, 0.05) is 10.9 Å². The minimum absolute atomic E-state index is 0.301. The molecule has 1 atom stereocenters. The number of aromatic nitrogens is 2. The number of carbonyl (C=O) groups is 2. The van der Waals surface area contributed by atoms with Crippen molar-refractivity contribution in [2.24, 2.45) is 5.73 Å². The van der Waals surface area contributed by atoms with E-state index in [2.05, 4.69) is 10.4 Å². The molecule has 0 aliphatic heterocycles. The van der Waals surface area contributed by atoms with Crippen molar-refractivity contribution < 1.29 is 14.0 Å². The number of primary amides is 1. The number of benzene rings is 3. The Bertz CT molecular complexity index is 1260. The van der Waals surface area contributed by atoms with E-state index in [1.54, 1.807) is 35.0 Å². The van der Waals surface area contributed by atoms with E-state index in [4.69, 9.17) is 5.73 Å². The molecule has 6 nitrogen and oxygen atoms in total. The number of nitrogens with one attached hydrogen (secondary N) is 1. The van der Waals surface area contributed by atoms with Gasteiger partial charge in [-0.25, -0.2) is 4.39 Å². The van der Waals surface area contributed by atoms with Crippen LogP contribution in [0.3, 0.4) is 0 Å². The normalized spacial score (nSPS) is 11.9. The molecule has 31 heavy (non-hydrogen) atoms. The van der Waals surface area contributed by atoms with Crippen LogP contribution in [-0.4, -0.2) is 21.6 Å². The molecule has 2 amide bonds. The van der Waals surface area contributed by atoms with Gasteiger partial charge in [-0.3, -0.25) is 14.3 Å². The van der Waals surface area contributed by atoms with Crippen molar-refractivity contribution in [3.05, 3.63) is 101 Å². The minimum Gasteiger partial charge on any atom is -0.366 e. The van der Waals surface area contributed by atoms with Crippen LogP contribution in [0.1, 0.15) is 44.9 Å². The molecule has 0 fully saturated rings. The second-order valence-electron chi connectivity index (χ2n) is 7.33. The van der Waals surface area contributed by atoms with Gasteiger partial charge in [0.1, 0.15) is 5.82 Å². The summed E-state index contributed by atoms with van der Waals surface area (Å²) in [7, 11) is 0. The summed E-state index contributed by atoms with van der Waals surface area (Å²) in [4.78, 5) is 24.5. The van der Waals surface area contributed by atoms with E-state index in [0.29, 0.717) is 17.8 Å². The topological polar surface area (TPSA) is 90.0 Å². The highest BCUT2D eigenvalue weighted by atomic mass is 19.1. The Kier molecular flexibility index (Phi) is 5.49. The molecule has 0 aliphatic carbocycles. The number of amides is 2. The number of nitrogens with zero attached hydrogens (tertiary/aromatic N) is 2. The van der Waals surface area contributed by atoms with Crippen LogP contribution in [0.2, 0.25) is 0 Å². The fourth-order valence-electron chi connectivity index (χ4n) is 3.49. The SMILES string of the molecule is CC(NC(=O)c1nn(Cc2ccc(F)cc2)c2ccccc12)c1cccc(C(N)=O)c1. The zero-order valence-electron chi connectivity index (χ0n) is 16.9. The molecule has 0 saturated carbocycles. The van der Waals surface area contributed by atoms with Crippen LogP contribution in [0.4, 0.5) is 4.39 Å². The van der Waals surface area contributed by atoms with Gasteiger partial charge in [0.25, 0.3) is 5.91 Å². The number of hydrogen-bond acceptors (Lipinski definition) is 3. The monoisotopic (exact) mass is 416 g/mol. The van der Waals surface area contributed by atoms with Crippen LogP contribution in [0, 0.1) is 5.82 Å². The number of para-hydroxylation sites is 1. The number of nitrogens with two attached hydrogens (primary N) is 1. The van der Waals surface area contributed by atoms with Gasteiger partial charge in [0.05, 0.1) is 18.1 Å². The first kappa shape index (κ1) is 20.3. The summed E-state index contributed by atoms with van der Waals surface area (Å²) in [5.41, 5.74) is 8.48. The van der Waals surface area contributed by atoms with Crippen molar-refractivity contribution in [1.82, 2.24) is 15.1 Å². The maximum Gasteiger partial charge on any atom is 0.272 e. The van der Waals surface area contributed by atoms with Gasteiger partial charge in [-0.2, -0.15) is 5.10 Å². The molecular weight excluding hydrogens is 395 g/mol. The molecule has 4 rings (SSSR count). The summed E-state index contributed by atoms with van der Waals surface area (Å²) in [6, 6.07) is 20.1. The third-order valence-corrected chi connectivity index (χ3v) is 5.14. The largest absolute Gasteiger partial charge is 0.366 e. The fourth-order valence-corrected chi connectivity index (χ4v) is 3.49. The van der Waals surface area contributed by atoms with Crippen molar-refractivity contribution >= 4 is 22.7 Å². The molecule has 0 saturated heterocycles. The molecule has 1 aromatic heterocycles. The second-order valence-corrected chi connectivity index (χ2v) is 7.33. The zero-order valence-corrected chi connectivity index (χ0v) is 16.9. The molecule has 4 aromatic rings. The average Bonchev–Trinajstić information content (AvgIpc) is 3.14. The van der Waals surface area contributed by atoms with E-state index >= 15 is 0 Å². The first-order valence-electron chi connectivity index (χ1n) is 9.83. The Hall–Kier alpha value is -4.00. The first-order chi connectivity index (χ1) is 14.9. The molecule has 7 heteroatoms. The van der Waals surface area contributed by atoms with E-state index < -0.39 is 5.91 Å². The van der Waals surface area contributed by atoms with Crippen LogP contribution in [0.25, 0.3) is 10.9 Å². The first-order valence-corrected chi connectivity index (χ1v) is 9.83. The fraction of sp³-hybridized carbons (Fsp3) is 0.125. The lowest BCUT2D eigenvalue weighted by Gasteiger charge is -2.14. The highest BCUT2D eigenvalue weighted by molar-refractivity contribution is 6.05. The molecule has 0 bridgehead atoms. The van der Waals surface area contributed by atoms with Gasteiger partial charge >= 0.3 is 0 Å². The van der Waals surface area contributed by atoms with Gasteiger partial charge < -0.3 is 11.1 Å². The van der Waals surface area contributed by atoms with Crippen LogP contribution < -0.4 is 11.1 Å². The second kappa shape index (κ2) is 8.39. The quantitative estimate of drug-likeness (QED) is 0.501. The van der Waals surface area contributed by atoms with Gasteiger partial charge in [-0.05, 0) is 48.4 Å². The Morgan fingerprint density at radius 3 is 2.55 bits per heavy atom. The number of halogens is 1. The van der Waals surface area contributed by atoms with Gasteiger partial charge in [0.2, 0.25) is 5.91 Å². The highest BCUT2D eigenvalue weighted by Crippen LogP contribution is 2.21. The van der Waals surface area contributed by atoms with Crippen molar-refractivity contribution in [2.45, 2.75) is 19.5 Å². The van der Waals surface area contributed by atoms with Gasteiger partial charge in [-0.15, -0.1) is 0 Å². The molecule has 3 aromatic carbocycles. The highest BCUT2D eigenvalue weighted by Gasteiger charge is 2.19. The maximum atomic E-state index is 13.2. The lowest BCUT2D eigenvalue weighted by molar-refractivity contribution is 0.0935. The predicted octanol–water partition coefficient (Wildman–Crippen LogP) is 3.81. The lowest BCUT2D eigenvalue weighted by atomic mass is 10.0. The van der Waals surface area contributed by atoms with Crippen molar-refractivity contribution in [2.75, 3.05) is 0 Å². The predicted molar refractivity (Wildman–Crippen MR) is 116 cm³/mol. The molecule has 3 N–H and O–H groups in total. The molecule has 0 aliphatic rings. The van der Waals surface area contributed by atoms with Crippen molar-refractivity contribution in [1.29, 1.82) is 0 Å². The molecule has 1 unspecified atom stereocenters. The van der Waals surface area contributed by atoms with Crippen molar-refractivity contribution in [3.8, 4) is 0 Å². The van der Waals surface area contributed by atoms with Crippen LogP contribution in [0.15, 0.2) is 72.8 Å². The van der Waals surface area contributed by atoms with Crippen LogP contribution in [0.5, 0.6) is 0 Å². The Morgan fingerprint density at radius 2 is 1.81 bits per heavy atom. The van der Waals surface area contributed by atoms with Crippen LogP contribution in [-0.2, 0) is 6.54 Å². The number of rotatable bonds is 6. The third kappa shape index (κ3) is 4.30. The zero-order chi connectivity index (χ0) is 22.0. The maximum absolute atomic E-state index is 13.2. The van der Waals surface area contributed by atoms with E-state index in [9.17, 15) is 14.0 Å². The van der Waals surface area contributed by atoms with E-state index in [1.165, 1.54) is 12.1 Å². The number of fused-ring (bicyclic) bond motifs is 1. The molecule has 0 radical (unpaired) electrons. The van der Waals surface area contributed by atoms with E-state index in [-0.39, 0.29) is 17.8 Å². The van der Waals surface area contributed by atoms with Crippen molar-refractivity contribution in [3.63, 3.8) is 0 Å². The lowest BCUT2D eigenvalue weighted by Crippen LogP contribution is -2.27. The Balaban J connectivity index is 1.61. The summed E-state index contributed by atoms with van der Waals surface area (Å²) < 4.78 is 14.9. The third-order valence-electron chi connectivity index (χ3n) is 5.14. The minimum atomic E-state index is -0.522. The molecule has 1 heterocycles. The van der Waals surface area contributed by atoms with Gasteiger partial charge in [0.15, 0.2) is 5.69 Å². The smallest absolute Gasteiger partial charge is 0.272 e. The summed E-state index contributed by atoms with van der Waals surface area (Å²) in [6.45, 7) is 2.24. The summed E-state index contributed by atoms with van der Waals surface area (Å²) in [5.74, 6) is -1.15. The summed E-state index contributed by atoms with van der Waals surface area (Å²) >= 11 is 0.